The lowest BCUT2D eigenvalue weighted by atomic mass is 10.3. The number of anilines is 1. The molecule has 2 aromatic heterocycles. The Labute approximate surface area is 137 Å². The van der Waals surface area contributed by atoms with E-state index in [4.69, 9.17) is 26.8 Å². The lowest BCUT2D eigenvalue weighted by Gasteiger charge is -2.12. The third-order valence-electron chi connectivity index (χ3n) is 2.92. The molecule has 2 heterocycles. The van der Waals surface area contributed by atoms with Crippen LogP contribution in [0.4, 0.5) is 5.82 Å². The second kappa shape index (κ2) is 6.45. The molecule has 2 N–H and O–H groups in total. The highest BCUT2D eigenvalue weighted by molar-refractivity contribution is 6.31. The second-order valence-corrected chi connectivity index (χ2v) is 4.75. The van der Waals surface area contributed by atoms with Gasteiger partial charge in [0.2, 0.25) is 5.75 Å². The topological polar surface area (TPSA) is 96.0 Å². The molecule has 1 aromatic carbocycles. The summed E-state index contributed by atoms with van der Waals surface area (Å²) in [5.41, 5.74) is 6.41. The average Bonchev–Trinajstić information content (AvgIpc) is 2.59. The van der Waals surface area contributed by atoms with Crippen LogP contribution < -0.4 is 15.2 Å². The Hall–Kier alpha value is -2.93. The highest BCUT2D eigenvalue weighted by Crippen LogP contribution is 2.37. The van der Waals surface area contributed by atoms with Gasteiger partial charge in [0.05, 0.1) is 13.3 Å². The number of aromatic nitrogens is 4. The molecule has 0 aliphatic heterocycles. The standard InChI is InChI=1S/C15H12ClN5O2/c1-22-10-4-2-3-5-11(10)23-12-13(16)20-15(21-14(12)17)9-8-18-6-7-19-9/h2-8H,1H3,(H2,17,20,21). The van der Waals surface area contributed by atoms with Crippen LogP contribution in [0.25, 0.3) is 11.5 Å². The molecule has 116 valence electrons. The van der Waals surface area contributed by atoms with Crippen molar-refractivity contribution in [1.82, 2.24) is 19.9 Å². The van der Waals surface area contributed by atoms with E-state index in [1.165, 1.54) is 12.4 Å². The van der Waals surface area contributed by atoms with Gasteiger partial charge in [-0.2, -0.15) is 0 Å². The van der Waals surface area contributed by atoms with Crippen molar-refractivity contribution < 1.29 is 9.47 Å². The lowest BCUT2D eigenvalue weighted by molar-refractivity contribution is 0.378. The Morgan fingerprint density at radius 1 is 1.09 bits per heavy atom. The molecule has 0 atom stereocenters. The van der Waals surface area contributed by atoms with Crippen LogP contribution in [-0.2, 0) is 0 Å². The van der Waals surface area contributed by atoms with E-state index in [0.29, 0.717) is 17.2 Å². The van der Waals surface area contributed by atoms with Crippen LogP contribution in [0, 0.1) is 0 Å². The third kappa shape index (κ3) is 3.14. The quantitative estimate of drug-likeness (QED) is 0.735. The fraction of sp³-hybridized carbons (Fsp3) is 0.0667. The van der Waals surface area contributed by atoms with Crippen LogP contribution in [0.1, 0.15) is 0 Å². The summed E-state index contributed by atoms with van der Waals surface area (Å²) in [5.74, 6) is 1.52. The number of hydrogen-bond donors (Lipinski definition) is 1. The summed E-state index contributed by atoms with van der Waals surface area (Å²) in [6, 6.07) is 7.11. The van der Waals surface area contributed by atoms with Gasteiger partial charge in [-0.1, -0.05) is 23.7 Å². The van der Waals surface area contributed by atoms with Gasteiger partial charge < -0.3 is 15.2 Å². The lowest BCUT2D eigenvalue weighted by Crippen LogP contribution is -2.02. The van der Waals surface area contributed by atoms with E-state index in [1.54, 1.807) is 31.5 Å². The van der Waals surface area contributed by atoms with E-state index < -0.39 is 0 Å². The van der Waals surface area contributed by atoms with Crippen LogP contribution in [-0.4, -0.2) is 27.0 Å². The van der Waals surface area contributed by atoms with Crippen LogP contribution in [0.2, 0.25) is 5.15 Å². The van der Waals surface area contributed by atoms with Crippen molar-refractivity contribution in [2.45, 2.75) is 0 Å². The summed E-state index contributed by atoms with van der Waals surface area (Å²) in [7, 11) is 1.54. The van der Waals surface area contributed by atoms with Crippen molar-refractivity contribution in [2.75, 3.05) is 12.8 Å². The fourth-order valence-corrected chi connectivity index (χ4v) is 2.09. The Bertz CT molecular complexity index is 806. The number of para-hydroxylation sites is 2. The molecular formula is C15H12ClN5O2. The minimum absolute atomic E-state index is 0.0732. The number of nitrogens with two attached hydrogens (primary N) is 1. The number of benzene rings is 1. The zero-order chi connectivity index (χ0) is 16.2. The largest absolute Gasteiger partial charge is 0.493 e. The molecule has 0 saturated heterocycles. The number of nitrogen functional groups attached to an aromatic ring is 1. The zero-order valence-corrected chi connectivity index (χ0v) is 12.9. The van der Waals surface area contributed by atoms with Crippen LogP contribution in [0.3, 0.4) is 0 Å². The molecule has 0 amide bonds. The fourth-order valence-electron chi connectivity index (χ4n) is 1.88. The van der Waals surface area contributed by atoms with Crippen molar-refractivity contribution in [1.29, 1.82) is 0 Å². The molecule has 0 saturated carbocycles. The number of rotatable bonds is 4. The molecule has 7 nitrogen and oxygen atoms in total. The molecule has 23 heavy (non-hydrogen) atoms. The molecule has 8 heteroatoms. The number of hydrogen-bond acceptors (Lipinski definition) is 7. The number of halogens is 1. The van der Waals surface area contributed by atoms with Gasteiger partial charge >= 0.3 is 0 Å². The average molecular weight is 330 g/mol. The van der Waals surface area contributed by atoms with Gasteiger partial charge in [0.15, 0.2) is 28.3 Å². The van der Waals surface area contributed by atoms with Gasteiger partial charge in [0, 0.05) is 12.4 Å². The third-order valence-corrected chi connectivity index (χ3v) is 3.18. The smallest absolute Gasteiger partial charge is 0.206 e. The monoisotopic (exact) mass is 329 g/mol. The van der Waals surface area contributed by atoms with Crippen LogP contribution in [0.5, 0.6) is 17.2 Å². The summed E-state index contributed by atoms with van der Waals surface area (Å²) in [6.45, 7) is 0. The van der Waals surface area contributed by atoms with Crippen molar-refractivity contribution in [3.05, 3.63) is 48.0 Å². The van der Waals surface area contributed by atoms with Crippen molar-refractivity contribution >= 4 is 17.4 Å². The Kier molecular flexibility index (Phi) is 4.20. The molecule has 0 spiro atoms. The maximum atomic E-state index is 6.18. The van der Waals surface area contributed by atoms with Gasteiger partial charge in [-0.15, -0.1) is 0 Å². The molecule has 3 rings (SSSR count). The maximum Gasteiger partial charge on any atom is 0.206 e. The van der Waals surface area contributed by atoms with E-state index in [2.05, 4.69) is 19.9 Å². The van der Waals surface area contributed by atoms with Gasteiger partial charge in [-0.3, -0.25) is 4.98 Å². The summed E-state index contributed by atoms with van der Waals surface area (Å²) in [6.07, 6.45) is 4.60. The van der Waals surface area contributed by atoms with Gasteiger partial charge in [0.1, 0.15) is 5.69 Å². The van der Waals surface area contributed by atoms with Crippen LogP contribution in [0.15, 0.2) is 42.9 Å². The molecule has 0 fully saturated rings. The summed E-state index contributed by atoms with van der Waals surface area (Å²) in [5, 5.41) is 0.0732. The SMILES string of the molecule is COc1ccccc1Oc1c(N)nc(-c2cnccn2)nc1Cl. The van der Waals surface area contributed by atoms with E-state index in [-0.39, 0.29) is 22.5 Å². The molecule has 0 radical (unpaired) electrons. The number of ether oxygens (including phenoxy) is 2. The molecule has 0 aliphatic rings. The predicted octanol–water partition coefficient (Wildman–Crippen LogP) is 2.97. The first kappa shape index (κ1) is 15.0. The highest BCUT2D eigenvalue weighted by atomic mass is 35.5. The maximum absolute atomic E-state index is 6.18. The summed E-state index contributed by atoms with van der Waals surface area (Å²) >= 11 is 6.18. The first-order valence-electron chi connectivity index (χ1n) is 6.59. The number of nitrogens with zero attached hydrogens (tertiary/aromatic N) is 4. The summed E-state index contributed by atoms with van der Waals surface area (Å²) in [4.78, 5) is 16.4. The first-order valence-corrected chi connectivity index (χ1v) is 6.97. The Balaban J connectivity index is 1.98. The summed E-state index contributed by atoms with van der Waals surface area (Å²) < 4.78 is 10.9. The Morgan fingerprint density at radius 2 is 1.87 bits per heavy atom. The van der Waals surface area contributed by atoms with Crippen LogP contribution >= 0.6 is 11.6 Å². The first-order chi connectivity index (χ1) is 11.2. The van der Waals surface area contributed by atoms with E-state index in [1.807, 2.05) is 6.07 Å². The zero-order valence-electron chi connectivity index (χ0n) is 12.1. The van der Waals surface area contributed by atoms with Gasteiger partial charge in [-0.25, -0.2) is 15.0 Å². The number of methoxy groups -OCH3 is 1. The molecule has 0 aliphatic carbocycles. The molecular weight excluding hydrogens is 318 g/mol. The van der Waals surface area contributed by atoms with Crippen molar-refractivity contribution in [2.24, 2.45) is 0 Å². The van der Waals surface area contributed by atoms with Gasteiger partial charge in [0.25, 0.3) is 0 Å². The second-order valence-electron chi connectivity index (χ2n) is 4.40. The predicted molar refractivity (Wildman–Crippen MR) is 85.5 cm³/mol. The van der Waals surface area contributed by atoms with Crippen molar-refractivity contribution in [3.63, 3.8) is 0 Å². The van der Waals surface area contributed by atoms with Gasteiger partial charge in [-0.05, 0) is 12.1 Å². The molecule has 3 aromatic rings. The minimum Gasteiger partial charge on any atom is -0.493 e. The van der Waals surface area contributed by atoms with E-state index in [9.17, 15) is 0 Å². The van der Waals surface area contributed by atoms with Crippen molar-refractivity contribution in [3.8, 4) is 28.8 Å². The highest BCUT2D eigenvalue weighted by Gasteiger charge is 2.16. The normalized spacial score (nSPS) is 10.3. The van der Waals surface area contributed by atoms with E-state index in [0.717, 1.165) is 0 Å². The Morgan fingerprint density at radius 3 is 2.52 bits per heavy atom. The molecule has 0 unspecified atom stereocenters. The van der Waals surface area contributed by atoms with E-state index >= 15 is 0 Å². The minimum atomic E-state index is 0.0732. The molecule has 0 bridgehead atoms.